The van der Waals surface area contributed by atoms with Gasteiger partial charge in [-0.1, -0.05) is 29.3 Å². The number of nitrogens with one attached hydrogen (secondary N) is 2. The normalized spacial score (nSPS) is 10.6. The van der Waals surface area contributed by atoms with E-state index >= 15 is 0 Å². The van der Waals surface area contributed by atoms with Crippen LogP contribution in [0.15, 0.2) is 60.8 Å². The molecule has 3 aromatic carbocycles. The van der Waals surface area contributed by atoms with Crippen molar-refractivity contribution in [2.24, 2.45) is 0 Å². The zero-order chi connectivity index (χ0) is 22.7. The van der Waals surface area contributed by atoms with Crippen LogP contribution in [0.5, 0.6) is 17.2 Å². The van der Waals surface area contributed by atoms with Gasteiger partial charge in [-0.2, -0.15) is 5.26 Å². The van der Waals surface area contributed by atoms with Crippen LogP contribution in [-0.4, -0.2) is 18.0 Å². The van der Waals surface area contributed by atoms with Crippen LogP contribution < -0.4 is 14.8 Å². The summed E-state index contributed by atoms with van der Waals surface area (Å²) in [5.41, 5.74) is 2.52. The predicted molar refractivity (Wildman–Crippen MR) is 124 cm³/mol. The van der Waals surface area contributed by atoms with Gasteiger partial charge in [0.05, 0.1) is 29.3 Å². The van der Waals surface area contributed by atoms with Gasteiger partial charge in [0.2, 0.25) is 0 Å². The maximum atomic E-state index is 12.7. The van der Waals surface area contributed by atoms with Gasteiger partial charge in [0, 0.05) is 34.7 Å². The lowest BCUT2D eigenvalue weighted by molar-refractivity contribution is 0.0952. The molecule has 0 saturated carbocycles. The van der Waals surface area contributed by atoms with Crippen molar-refractivity contribution < 1.29 is 14.3 Å². The number of benzene rings is 3. The second kappa shape index (κ2) is 9.23. The molecule has 0 spiro atoms. The van der Waals surface area contributed by atoms with E-state index in [4.69, 9.17) is 37.9 Å². The Hall–Kier alpha value is -3.66. The number of amides is 1. The summed E-state index contributed by atoms with van der Waals surface area (Å²) in [7, 11) is 1.59. The molecule has 0 aliphatic rings. The fourth-order valence-electron chi connectivity index (χ4n) is 3.25. The van der Waals surface area contributed by atoms with Crippen molar-refractivity contribution in [1.82, 2.24) is 10.3 Å². The molecule has 0 radical (unpaired) electrons. The average molecular weight is 466 g/mol. The molecule has 1 heterocycles. The van der Waals surface area contributed by atoms with E-state index in [1.165, 1.54) is 0 Å². The van der Waals surface area contributed by atoms with Crippen molar-refractivity contribution in [2.75, 3.05) is 7.11 Å². The predicted octanol–water partition coefficient (Wildman–Crippen LogP) is 6.08. The van der Waals surface area contributed by atoms with Crippen LogP contribution in [0.3, 0.4) is 0 Å². The highest BCUT2D eigenvalue weighted by Crippen LogP contribution is 2.32. The first-order chi connectivity index (χ1) is 15.5. The summed E-state index contributed by atoms with van der Waals surface area (Å²) in [6.07, 6.45) is 1.67. The monoisotopic (exact) mass is 465 g/mol. The van der Waals surface area contributed by atoms with E-state index in [9.17, 15) is 4.79 Å². The zero-order valence-electron chi connectivity index (χ0n) is 16.9. The van der Waals surface area contributed by atoms with Gasteiger partial charge in [-0.15, -0.1) is 0 Å². The number of aromatic amines is 1. The van der Waals surface area contributed by atoms with Gasteiger partial charge in [-0.05, 0) is 48.0 Å². The number of rotatable bonds is 6. The number of carbonyl (C=O) groups excluding carboxylic acids is 1. The van der Waals surface area contributed by atoms with Gasteiger partial charge < -0.3 is 19.8 Å². The summed E-state index contributed by atoms with van der Waals surface area (Å²) in [6.45, 7) is 0.272. The van der Waals surface area contributed by atoms with Crippen molar-refractivity contribution in [2.45, 2.75) is 6.54 Å². The molecule has 6 nitrogen and oxygen atoms in total. The van der Waals surface area contributed by atoms with Gasteiger partial charge in [0.15, 0.2) is 0 Å². The number of fused-ring (bicyclic) bond motifs is 1. The van der Waals surface area contributed by atoms with E-state index in [0.717, 1.165) is 16.5 Å². The Balaban J connectivity index is 1.49. The lowest BCUT2D eigenvalue weighted by atomic mass is 10.1. The molecule has 0 aliphatic carbocycles. The third-order valence-electron chi connectivity index (χ3n) is 4.81. The van der Waals surface area contributed by atoms with E-state index < -0.39 is 0 Å². The number of halogens is 2. The van der Waals surface area contributed by atoms with Crippen LogP contribution in [0, 0.1) is 11.3 Å². The fourth-order valence-corrected chi connectivity index (χ4v) is 3.63. The third kappa shape index (κ3) is 4.65. The summed E-state index contributed by atoms with van der Waals surface area (Å²) in [5.74, 6) is 1.28. The van der Waals surface area contributed by atoms with E-state index in [1.54, 1.807) is 49.7 Å². The Morgan fingerprint density at radius 1 is 1.09 bits per heavy atom. The van der Waals surface area contributed by atoms with E-state index in [0.29, 0.717) is 38.4 Å². The first-order valence-corrected chi connectivity index (χ1v) is 10.3. The van der Waals surface area contributed by atoms with E-state index in [1.807, 2.05) is 24.3 Å². The number of methoxy groups -OCH3 is 1. The van der Waals surface area contributed by atoms with Crippen molar-refractivity contribution in [3.05, 3.63) is 87.5 Å². The van der Waals surface area contributed by atoms with E-state index in [2.05, 4.69) is 10.3 Å². The van der Waals surface area contributed by atoms with Crippen molar-refractivity contribution in [1.29, 1.82) is 5.26 Å². The molecule has 0 aliphatic heterocycles. The summed E-state index contributed by atoms with van der Waals surface area (Å²) < 4.78 is 11.0. The summed E-state index contributed by atoms with van der Waals surface area (Å²) in [5, 5.41) is 13.6. The zero-order valence-corrected chi connectivity index (χ0v) is 18.4. The molecular formula is C24H17Cl2N3O3. The second-order valence-corrected chi connectivity index (χ2v) is 7.79. The molecule has 160 valence electrons. The Kier molecular flexibility index (Phi) is 6.22. The molecular weight excluding hydrogens is 449 g/mol. The van der Waals surface area contributed by atoms with Crippen LogP contribution in [0.4, 0.5) is 0 Å². The van der Waals surface area contributed by atoms with Crippen LogP contribution in [0.1, 0.15) is 21.5 Å². The number of H-pyrrole nitrogens is 1. The molecule has 32 heavy (non-hydrogen) atoms. The highest BCUT2D eigenvalue weighted by Gasteiger charge is 2.13. The number of ether oxygens (including phenoxy) is 2. The Labute approximate surface area is 194 Å². The Bertz CT molecular complexity index is 1360. The summed E-state index contributed by atoms with van der Waals surface area (Å²) in [6, 6.07) is 17.4. The van der Waals surface area contributed by atoms with Crippen molar-refractivity contribution in [3.8, 4) is 23.3 Å². The van der Waals surface area contributed by atoms with Gasteiger partial charge in [0.25, 0.3) is 5.91 Å². The van der Waals surface area contributed by atoms with Gasteiger partial charge >= 0.3 is 0 Å². The van der Waals surface area contributed by atoms with Crippen LogP contribution >= 0.6 is 23.2 Å². The molecule has 0 unspecified atom stereocenters. The second-order valence-electron chi connectivity index (χ2n) is 6.95. The topological polar surface area (TPSA) is 87.1 Å². The Morgan fingerprint density at radius 3 is 2.72 bits per heavy atom. The Morgan fingerprint density at radius 2 is 1.94 bits per heavy atom. The van der Waals surface area contributed by atoms with Crippen LogP contribution in [-0.2, 0) is 6.54 Å². The average Bonchev–Trinajstić information content (AvgIpc) is 3.22. The quantitative estimate of drug-likeness (QED) is 0.361. The fraction of sp³-hybridized carbons (Fsp3) is 0.0833. The molecule has 0 saturated heterocycles. The lowest BCUT2D eigenvalue weighted by Crippen LogP contribution is -2.22. The maximum absolute atomic E-state index is 12.7. The molecule has 1 aromatic heterocycles. The smallest absolute Gasteiger partial charge is 0.253 e. The highest BCUT2D eigenvalue weighted by atomic mass is 35.5. The minimum atomic E-state index is -0.215. The maximum Gasteiger partial charge on any atom is 0.253 e. The minimum absolute atomic E-state index is 0.215. The molecule has 8 heteroatoms. The minimum Gasteiger partial charge on any atom is -0.497 e. The molecule has 4 rings (SSSR count). The van der Waals surface area contributed by atoms with E-state index in [-0.39, 0.29) is 12.5 Å². The number of aromatic nitrogens is 1. The van der Waals surface area contributed by atoms with Gasteiger partial charge in [-0.3, -0.25) is 4.79 Å². The number of carbonyl (C=O) groups is 1. The summed E-state index contributed by atoms with van der Waals surface area (Å²) >= 11 is 12.3. The SMILES string of the molecule is COc1ccc2c(C(=O)NCc3ccc(Cl)c(Oc4cc(Cl)cc(C#N)c4)c3)c[nH]c2c1. The van der Waals surface area contributed by atoms with Gasteiger partial charge in [-0.25, -0.2) is 0 Å². The number of hydrogen-bond acceptors (Lipinski definition) is 4. The third-order valence-corrected chi connectivity index (χ3v) is 5.34. The van der Waals surface area contributed by atoms with Crippen LogP contribution in [0.2, 0.25) is 10.0 Å². The largest absolute Gasteiger partial charge is 0.497 e. The highest BCUT2D eigenvalue weighted by molar-refractivity contribution is 6.32. The summed E-state index contributed by atoms with van der Waals surface area (Å²) in [4.78, 5) is 15.8. The molecule has 2 N–H and O–H groups in total. The number of nitrogens with zero attached hydrogens (tertiary/aromatic N) is 1. The molecule has 4 aromatic rings. The molecule has 0 bridgehead atoms. The first-order valence-electron chi connectivity index (χ1n) is 9.57. The van der Waals surface area contributed by atoms with Crippen molar-refractivity contribution in [3.63, 3.8) is 0 Å². The van der Waals surface area contributed by atoms with Gasteiger partial charge in [0.1, 0.15) is 17.2 Å². The first kappa shape index (κ1) is 21.6. The van der Waals surface area contributed by atoms with Crippen LogP contribution in [0.25, 0.3) is 10.9 Å². The molecule has 1 amide bonds. The van der Waals surface area contributed by atoms with Crippen molar-refractivity contribution >= 4 is 40.0 Å². The molecule has 0 atom stereocenters. The lowest BCUT2D eigenvalue weighted by Gasteiger charge is -2.11. The standard InChI is InChI=1S/C24H17Cl2N3O3/c1-31-17-3-4-19-20(13-28-22(19)10-17)24(30)29-12-14-2-5-21(26)23(8-14)32-18-7-15(11-27)6-16(25)9-18/h2-10,13,28H,12H2,1H3,(H,29,30). The number of nitriles is 1. The molecule has 0 fully saturated rings. The number of hydrogen-bond donors (Lipinski definition) is 2.